The number of aryl methyl sites for hydroxylation is 1. The molecule has 2 N–H and O–H groups in total. The van der Waals surface area contributed by atoms with Gasteiger partial charge in [-0.3, -0.25) is 0 Å². The topological polar surface area (TPSA) is 48.1 Å². The zero-order chi connectivity index (χ0) is 20.8. The van der Waals surface area contributed by atoms with Crippen molar-refractivity contribution >= 4 is 11.8 Å². The molecule has 6 rings (SSSR count). The molecular weight excluding hydrogens is 380 g/mol. The molecule has 1 atom stereocenters. The van der Waals surface area contributed by atoms with Crippen molar-refractivity contribution in [1.29, 1.82) is 0 Å². The SMILES string of the molecule is Nc1c2c(nc3c1C(c1ccccc1)C1=C(O3)/C(=C/c3ccccc3)CCC1)CCC2. The third kappa shape index (κ3) is 3.07. The number of allylic oxidation sites excluding steroid dienone is 2. The van der Waals surface area contributed by atoms with Crippen LogP contribution < -0.4 is 10.5 Å². The lowest BCUT2D eigenvalue weighted by molar-refractivity contribution is 0.371. The summed E-state index contributed by atoms with van der Waals surface area (Å²) in [5.41, 5.74) is 16.2. The van der Waals surface area contributed by atoms with Gasteiger partial charge in [-0.25, -0.2) is 4.98 Å². The Hall–Kier alpha value is -3.33. The Balaban J connectivity index is 1.57. The van der Waals surface area contributed by atoms with E-state index in [-0.39, 0.29) is 5.92 Å². The van der Waals surface area contributed by atoms with Crippen molar-refractivity contribution in [2.75, 3.05) is 5.73 Å². The fraction of sp³-hybridized carbons (Fsp3) is 0.250. The van der Waals surface area contributed by atoms with Crippen LogP contribution in [-0.2, 0) is 12.8 Å². The Morgan fingerprint density at radius 3 is 2.42 bits per heavy atom. The maximum absolute atomic E-state index is 6.81. The fourth-order valence-electron chi connectivity index (χ4n) is 5.44. The monoisotopic (exact) mass is 406 g/mol. The Morgan fingerprint density at radius 2 is 1.61 bits per heavy atom. The van der Waals surface area contributed by atoms with Crippen molar-refractivity contribution in [2.24, 2.45) is 0 Å². The number of hydrogen-bond donors (Lipinski definition) is 1. The largest absolute Gasteiger partial charge is 0.438 e. The highest BCUT2D eigenvalue weighted by Crippen LogP contribution is 2.52. The van der Waals surface area contributed by atoms with Gasteiger partial charge in [0.1, 0.15) is 5.76 Å². The van der Waals surface area contributed by atoms with Gasteiger partial charge in [-0.2, -0.15) is 0 Å². The molecule has 31 heavy (non-hydrogen) atoms. The van der Waals surface area contributed by atoms with Crippen molar-refractivity contribution < 1.29 is 4.74 Å². The lowest BCUT2D eigenvalue weighted by atomic mass is 9.76. The van der Waals surface area contributed by atoms with Gasteiger partial charge in [0.15, 0.2) is 0 Å². The number of benzene rings is 2. The minimum atomic E-state index is 0.109. The van der Waals surface area contributed by atoms with E-state index in [0.717, 1.165) is 61.2 Å². The summed E-state index contributed by atoms with van der Waals surface area (Å²) in [6.07, 6.45) is 8.58. The summed E-state index contributed by atoms with van der Waals surface area (Å²) < 4.78 is 6.60. The zero-order valence-electron chi connectivity index (χ0n) is 17.6. The first-order valence-electron chi connectivity index (χ1n) is 11.3. The number of anilines is 1. The van der Waals surface area contributed by atoms with E-state index in [1.807, 2.05) is 0 Å². The van der Waals surface area contributed by atoms with Crippen molar-refractivity contribution in [3.8, 4) is 5.88 Å². The normalized spacial score (nSPS) is 20.8. The van der Waals surface area contributed by atoms with Gasteiger partial charge in [-0.05, 0) is 72.4 Å². The van der Waals surface area contributed by atoms with Crippen molar-refractivity contribution in [3.63, 3.8) is 0 Å². The van der Waals surface area contributed by atoms with E-state index in [0.29, 0.717) is 5.88 Å². The second-order valence-electron chi connectivity index (χ2n) is 8.76. The molecule has 3 aliphatic rings. The summed E-state index contributed by atoms with van der Waals surface area (Å²) in [4.78, 5) is 5.00. The van der Waals surface area contributed by atoms with E-state index >= 15 is 0 Å². The first-order valence-corrected chi connectivity index (χ1v) is 11.3. The number of rotatable bonds is 2. The molecule has 0 radical (unpaired) electrons. The van der Waals surface area contributed by atoms with Gasteiger partial charge in [-0.1, -0.05) is 60.7 Å². The molecule has 0 bridgehead atoms. The quantitative estimate of drug-likeness (QED) is 0.551. The van der Waals surface area contributed by atoms with Crippen LogP contribution in [0.1, 0.15) is 59.5 Å². The van der Waals surface area contributed by atoms with Gasteiger partial charge in [-0.15, -0.1) is 0 Å². The third-order valence-corrected chi connectivity index (χ3v) is 6.86. The molecule has 0 saturated carbocycles. The van der Waals surface area contributed by atoms with E-state index < -0.39 is 0 Å². The molecular formula is C28H26N2O. The minimum absolute atomic E-state index is 0.109. The molecule has 3 nitrogen and oxygen atoms in total. The molecule has 2 heterocycles. The molecule has 2 aliphatic carbocycles. The minimum Gasteiger partial charge on any atom is -0.438 e. The molecule has 0 fully saturated rings. The summed E-state index contributed by atoms with van der Waals surface area (Å²) in [5, 5.41) is 0. The van der Waals surface area contributed by atoms with E-state index in [1.54, 1.807) is 0 Å². The number of nitrogens with two attached hydrogens (primary N) is 1. The predicted octanol–water partition coefficient (Wildman–Crippen LogP) is 6.20. The highest BCUT2D eigenvalue weighted by molar-refractivity contribution is 5.70. The second-order valence-corrected chi connectivity index (χ2v) is 8.76. The van der Waals surface area contributed by atoms with Crippen LogP contribution in [-0.4, -0.2) is 4.98 Å². The Kier molecular flexibility index (Phi) is 4.41. The highest BCUT2D eigenvalue weighted by Gasteiger charge is 2.38. The molecule has 3 heteroatoms. The van der Waals surface area contributed by atoms with E-state index in [4.69, 9.17) is 15.5 Å². The van der Waals surface area contributed by atoms with Gasteiger partial charge in [0.2, 0.25) is 5.88 Å². The lowest BCUT2D eigenvalue weighted by Gasteiger charge is -2.35. The fourth-order valence-corrected chi connectivity index (χ4v) is 5.44. The van der Waals surface area contributed by atoms with Gasteiger partial charge in [0.05, 0.1) is 0 Å². The maximum atomic E-state index is 6.81. The van der Waals surface area contributed by atoms with Crippen LogP contribution in [0.4, 0.5) is 5.69 Å². The molecule has 3 aromatic rings. The number of ether oxygens (including phenoxy) is 1. The smallest absolute Gasteiger partial charge is 0.225 e. The number of fused-ring (bicyclic) bond motifs is 2. The summed E-state index contributed by atoms with van der Waals surface area (Å²) in [6, 6.07) is 21.3. The number of aromatic nitrogens is 1. The molecule has 1 unspecified atom stereocenters. The Morgan fingerprint density at radius 1 is 0.871 bits per heavy atom. The maximum Gasteiger partial charge on any atom is 0.225 e. The molecule has 1 aromatic heterocycles. The average Bonchev–Trinajstić information content (AvgIpc) is 3.28. The number of pyridine rings is 1. The van der Waals surface area contributed by atoms with E-state index in [9.17, 15) is 0 Å². The molecule has 0 amide bonds. The summed E-state index contributed by atoms with van der Waals surface area (Å²) in [7, 11) is 0. The van der Waals surface area contributed by atoms with Crippen molar-refractivity contribution in [1.82, 2.24) is 4.98 Å². The summed E-state index contributed by atoms with van der Waals surface area (Å²) >= 11 is 0. The number of nitrogens with zero attached hydrogens (tertiary/aromatic N) is 1. The van der Waals surface area contributed by atoms with E-state index in [2.05, 4.69) is 66.7 Å². The van der Waals surface area contributed by atoms with Crippen LogP contribution in [0.3, 0.4) is 0 Å². The zero-order valence-corrected chi connectivity index (χ0v) is 17.6. The van der Waals surface area contributed by atoms with Gasteiger partial charge >= 0.3 is 0 Å². The summed E-state index contributed by atoms with van der Waals surface area (Å²) in [6.45, 7) is 0. The first-order chi connectivity index (χ1) is 15.3. The third-order valence-electron chi connectivity index (χ3n) is 6.86. The van der Waals surface area contributed by atoms with Crippen LogP contribution in [0, 0.1) is 0 Å². The van der Waals surface area contributed by atoms with Crippen LogP contribution in [0.15, 0.2) is 77.6 Å². The standard InChI is InChI=1S/C28H26N2O/c29-26-21-14-8-16-23(21)30-28-25(26)24(19-11-5-2-6-12-19)22-15-7-13-20(27(22)31-28)17-18-9-3-1-4-10-18/h1-6,9-12,17,24H,7-8,13-16H2,(H2,29,30)/b20-17+. The van der Waals surface area contributed by atoms with Crippen LogP contribution in [0.5, 0.6) is 5.88 Å². The van der Waals surface area contributed by atoms with Crippen LogP contribution >= 0.6 is 0 Å². The van der Waals surface area contributed by atoms with Gasteiger partial charge in [0.25, 0.3) is 0 Å². The Bertz CT molecular complexity index is 1210. The average molecular weight is 407 g/mol. The Labute approximate surface area is 183 Å². The molecule has 0 spiro atoms. The van der Waals surface area contributed by atoms with Gasteiger partial charge in [0, 0.05) is 22.9 Å². The second kappa shape index (κ2) is 7.42. The van der Waals surface area contributed by atoms with Gasteiger partial charge < -0.3 is 10.5 Å². The molecule has 154 valence electrons. The molecule has 1 aliphatic heterocycles. The van der Waals surface area contributed by atoms with Crippen molar-refractivity contribution in [2.45, 2.75) is 44.4 Å². The highest BCUT2D eigenvalue weighted by atomic mass is 16.5. The number of hydrogen-bond acceptors (Lipinski definition) is 3. The number of nitrogen functional groups attached to an aromatic ring is 1. The summed E-state index contributed by atoms with van der Waals surface area (Å²) in [5.74, 6) is 1.84. The lowest BCUT2D eigenvalue weighted by Crippen LogP contribution is -2.23. The van der Waals surface area contributed by atoms with Crippen LogP contribution in [0.2, 0.25) is 0 Å². The van der Waals surface area contributed by atoms with E-state index in [1.165, 1.54) is 27.8 Å². The predicted molar refractivity (Wildman–Crippen MR) is 125 cm³/mol. The first kappa shape index (κ1) is 18.4. The molecule has 2 aromatic carbocycles. The van der Waals surface area contributed by atoms with Crippen LogP contribution in [0.25, 0.3) is 6.08 Å². The van der Waals surface area contributed by atoms with Crippen molar-refractivity contribution in [3.05, 3.63) is 106 Å². The molecule has 0 saturated heterocycles.